The van der Waals surface area contributed by atoms with Gasteiger partial charge in [0.25, 0.3) is 0 Å². The first-order chi connectivity index (χ1) is 12.7. The highest BCUT2D eigenvalue weighted by Gasteiger charge is 2.16. The molecule has 0 saturated carbocycles. The predicted octanol–water partition coefficient (Wildman–Crippen LogP) is 1.39. The van der Waals surface area contributed by atoms with Crippen molar-refractivity contribution in [3.8, 4) is 23.1 Å². The minimum absolute atomic E-state index is 0.143. The van der Waals surface area contributed by atoms with E-state index in [4.69, 9.17) is 19.7 Å². The zero-order valence-electron chi connectivity index (χ0n) is 13.5. The van der Waals surface area contributed by atoms with Gasteiger partial charge in [0.15, 0.2) is 17.3 Å². The Morgan fingerprint density at radius 1 is 1.27 bits per heavy atom. The van der Waals surface area contributed by atoms with E-state index in [9.17, 15) is 4.79 Å². The minimum Gasteiger partial charge on any atom is -0.461 e. The maximum absolute atomic E-state index is 12.1. The molecule has 3 heterocycles. The zero-order valence-corrected chi connectivity index (χ0v) is 14.4. The van der Waals surface area contributed by atoms with E-state index in [1.807, 2.05) is 18.2 Å². The van der Waals surface area contributed by atoms with Crippen molar-refractivity contribution in [3.63, 3.8) is 0 Å². The van der Waals surface area contributed by atoms with Crippen LogP contribution < -0.4 is 20.6 Å². The largest absolute Gasteiger partial charge is 0.461 e. The second kappa shape index (κ2) is 7.00. The number of amides is 1. The molecule has 0 spiro atoms. The van der Waals surface area contributed by atoms with Crippen molar-refractivity contribution in [2.75, 3.05) is 18.4 Å². The molecule has 0 fully saturated rings. The Labute approximate surface area is 152 Å². The summed E-state index contributed by atoms with van der Waals surface area (Å²) in [5.74, 6) is 8.29. The van der Waals surface area contributed by atoms with E-state index < -0.39 is 0 Å². The monoisotopic (exact) mass is 373 g/mol. The summed E-state index contributed by atoms with van der Waals surface area (Å²) in [6.45, 7) is 0.616. The lowest BCUT2D eigenvalue weighted by molar-refractivity contribution is -0.118. The summed E-state index contributed by atoms with van der Waals surface area (Å²) in [4.78, 5) is 12.1. The molecule has 3 N–H and O–H groups in total. The highest BCUT2D eigenvalue weighted by Crippen LogP contribution is 2.32. The molecular weight excluding hydrogens is 358 g/mol. The number of thioether (sulfide) groups is 1. The Hall–Kier alpha value is -3.14. The van der Waals surface area contributed by atoms with Crippen molar-refractivity contribution >= 4 is 17.7 Å². The molecule has 134 valence electrons. The van der Waals surface area contributed by atoms with Gasteiger partial charge in [-0.25, -0.2) is 4.68 Å². The molecule has 0 radical (unpaired) electrons. The average Bonchev–Trinajstić information content (AvgIpc) is 3.38. The zero-order chi connectivity index (χ0) is 17.9. The molecule has 1 aromatic carbocycles. The van der Waals surface area contributed by atoms with Crippen LogP contribution in [0.2, 0.25) is 0 Å². The number of aromatic nitrogens is 3. The number of hydrogen-bond donors (Lipinski definition) is 2. The summed E-state index contributed by atoms with van der Waals surface area (Å²) in [5.41, 5.74) is 0.926. The number of ether oxygens (including phenoxy) is 2. The number of nitrogen functional groups attached to an aromatic ring is 1. The van der Waals surface area contributed by atoms with Gasteiger partial charge in [0.2, 0.25) is 23.7 Å². The fourth-order valence-electron chi connectivity index (χ4n) is 2.38. The summed E-state index contributed by atoms with van der Waals surface area (Å²) in [6, 6.07) is 9.03. The molecule has 0 saturated heterocycles. The van der Waals surface area contributed by atoms with Crippen LogP contribution in [0, 0.1) is 0 Å². The lowest BCUT2D eigenvalue weighted by Crippen LogP contribution is -2.25. The maximum atomic E-state index is 12.1. The number of rotatable bonds is 6. The number of furan rings is 1. The molecule has 10 heteroatoms. The third-order valence-electron chi connectivity index (χ3n) is 3.67. The van der Waals surface area contributed by atoms with Crippen LogP contribution >= 0.6 is 11.8 Å². The van der Waals surface area contributed by atoms with Crippen molar-refractivity contribution in [2.24, 2.45) is 0 Å². The van der Waals surface area contributed by atoms with Crippen LogP contribution in [-0.4, -0.2) is 33.3 Å². The topological polar surface area (TPSA) is 117 Å². The van der Waals surface area contributed by atoms with E-state index in [2.05, 4.69) is 15.5 Å². The van der Waals surface area contributed by atoms with Crippen LogP contribution in [0.4, 0.5) is 0 Å². The van der Waals surface area contributed by atoms with Crippen LogP contribution in [0.5, 0.6) is 11.5 Å². The molecule has 1 amide bonds. The Bertz CT molecular complexity index is 925. The third-order valence-corrected chi connectivity index (χ3v) is 4.61. The van der Waals surface area contributed by atoms with E-state index in [1.54, 1.807) is 12.1 Å². The number of benzene rings is 1. The first-order valence-electron chi connectivity index (χ1n) is 7.73. The standard InChI is InChI=1S/C16H15N5O4S/c17-21-15(12-2-1-5-23-12)19-20-16(21)26-8-14(22)18-7-10-3-4-11-13(6-10)25-9-24-11/h1-6H,7-9,17H2,(H,18,22). The van der Waals surface area contributed by atoms with Gasteiger partial charge in [-0.3, -0.25) is 4.79 Å². The number of hydrogen-bond acceptors (Lipinski definition) is 8. The molecule has 0 bridgehead atoms. The fourth-order valence-corrected chi connectivity index (χ4v) is 3.07. The van der Waals surface area contributed by atoms with Crippen molar-refractivity contribution < 1.29 is 18.7 Å². The van der Waals surface area contributed by atoms with Gasteiger partial charge >= 0.3 is 0 Å². The summed E-state index contributed by atoms with van der Waals surface area (Å²) in [6.07, 6.45) is 1.53. The SMILES string of the molecule is Nn1c(SCC(=O)NCc2ccc3c(c2)OCO3)nnc1-c1ccco1. The van der Waals surface area contributed by atoms with Crippen molar-refractivity contribution in [1.82, 2.24) is 20.2 Å². The molecule has 1 aliphatic heterocycles. The highest BCUT2D eigenvalue weighted by molar-refractivity contribution is 7.99. The van der Waals surface area contributed by atoms with Crippen molar-refractivity contribution in [3.05, 3.63) is 42.2 Å². The molecule has 9 nitrogen and oxygen atoms in total. The van der Waals surface area contributed by atoms with Gasteiger partial charge in [-0.1, -0.05) is 17.8 Å². The Morgan fingerprint density at radius 2 is 2.15 bits per heavy atom. The van der Waals surface area contributed by atoms with Crippen LogP contribution in [-0.2, 0) is 11.3 Å². The lowest BCUT2D eigenvalue weighted by atomic mass is 10.2. The van der Waals surface area contributed by atoms with E-state index in [0.29, 0.717) is 34.8 Å². The van der Waals surface area contributed by atoms with Gasteiger partial charge in [0, 0.05) is 6.54 Å². The first kappa shape index (κ1) is 16.3. The number of nitrogens with one attached hydrogen (secondary N) is 1. The number of fused-ring (bicyclic) bond motifs is 1. The molecule has 1 aliphatic rings. The van der Waals surface area contributed by atoms with Gasteiger partial charge in [-0.05, 0) is 29.8 Å². The van der Waals surface area contributed by atoms with E-state index in [-0.39, 0.29) is 18.5 Å². The summed E-state index contributed by atoms with van der Waals surface area (Å²) >= 11 is 1.19. The van der Waals surface area contributed by atoms with Gasteiger partial charge in [-0.2, -0.15) is 0 Å². The van der Waals surface area contributed by atoms with Gasteiger partial charge in [-0.15, -0.1) is 10.2 Å². The molecule has 3 aromatic rings. The van der Waals surface area contributed by atoms with Crippen LogP contribution in [0.3, 0.4) is 0 Å². The maximum Gasteiger partial charge on any atom is 0.231 e. The normalized spacial score (nSPS) is 12.3. The molecule has 0 aliphatic carbocycles. The Balaban J connectivity index is 1.30. The summed E-state index contributed by atoms with van der Waals surface area (Å²) in [7, 11) is 0. The second-order valence-electron chi connectivity index (χ2n) is 5.41. The smallest absolute Gasteiger partial charge is 0.231 e. The molecule has 0 unspecified atom stereocenters. The number of carbonyl (C=O) groups excluding carboxylic acids is 1. The van der Waals surface area contributed by atoms with Crippen LogP contribution in [0.15, 0.2) is 46.2 Å². The third kappa shape index (κ3) is 3.31. The summed E-state index contributed by atoms with van der Waals surface area (Å²) < 4.78 is 17.1. The first-order valence-corrected chi connectivity index (χ1v) is 8.71. The van der Waals surface area contributed by atoms with Crippen molar-refractivity contribution in [2.45, 2.75) is 11.7 Å². The van der Waals surface area contributed by atoms with E-state index >= 15 is 0 Å². The van der Waals surface area contributed by atoms with Gasteiger partial charge < -0.3 is 25.1 Å². The molecule has 26 heavy (non-hydrogen) atoms. The number of nitrogens with two attached hydrogens (primary N) is 1. The summed E-state index contributed by atoms with van der Waals surface area (Å²) in [5, 5.41) is 11.2. The fraction of sp³-hybridized carbons (Fsp3) is 0.188. The molecule has 4 rings (SSSR count). The molecule has 2 aromatic heterocycles. The number of carbonyl (C=O) groups is 1. The van der Waals surface area contributed by atoms with Crippen LogP contribution in [0.1, 0.15) is 5.56 Å². The van der Waals surface area contributed by atoms with Gasteiger partial charge in [0.1, 0.15) is 0 Å². The minimum atomic E-state index is -0.143. The second-order valence-corrected chi connectivity index (χ2v) is 6.35. The predicted molar refractivity (Wildman–Crippen MR) is 93.0 cm³/mol. The van der Waals surface area contributed by atoms with Gasteiger partial charge in [0.05, 0.1) is 12.0 Å². The quantitative estimate of drug-likeness (QED) is 0.492. The Morgan fingerprint density at radius 3 is 3.00 bits per heavy atom. The van der Waals surface area contributed by atoms with E-state index in [1.165, 1.54) is 22.7 Å². The number of nitrogens with zero attached hydrogens (tertiary/aromatic N) is 3. The van der Waals surface area contributed by atoms with E-state index in [0.717, 1.165) is 5.56 Å². The lowest BCUT2D eigenvalue weighted by Gasteiger charge is -2.06. The van der Waals surface area contributed by atoms with Crippen LogP contribution in [0.25, 0.3) is 11.6 Å². The molecule has 0 atom stereocenters. The Kier molecular flexibility index (Phi) is 4.40. The van der Waals surface area contributed by atoms with Crippen molar-refractivity contribution in [1.29, 1.82) is 0 Å². The average molecular weight is 373 g/mol. The highest BCUT2D eigenvalue weighted by atomic mass is 32.2. The molecular formula is C16H15N5O4S.